The van der Waals surface area contributed by atoms with Crippen LogP contribution in [0.2, 0.25) is 0 Å². The number of carbonyl (C=O) groups excluding carboxylic acids is 1. The first-order valence-electron chi connectivity index (χ1n) is 9.73. The molecule has 2 heteroatoms. The maximum atomic E-state index is 12.0. The maximum Gasteiger partial charge on any atom is 0.156 e. The zero-order chi connectivity index (χ0) is 17.1. The molecule has 0 radical (unpaired) electrons. The molecule has 4 aliphatic carbocycles. The zero-order valence-corrected chi connectivity index (χ0v) is 15.1. The molecule has 6 atom stereocenters. The van der Waals surface area contributed by atoms with Crippen molar-refractivity contribution in [2.45, 2.75) is 64.9 Å². The van der Waals surface area contributed by atoms with Crippen LogP contribution in [0.5, 0.6) is 0 Å². The lowest BCUT2D eigenvalue weighted by molar-refractivity contribution is -0.115. The van der Waals surface area contributed by atoms with E-state index >= 15 is 0 Å². The molecule has 4 aliphatic rings. The van der Waals surface area contributed by atoms with Gasteiger partial charge in [0.25, 0.3) is 0 Å². The standard InChI is InChI=1S/C22H30O2/c1-4-14-11-16(24)12-15-5-6-17-18(21(14)15)9-10-22(3)19(13(2)23)7-8-20(17)22/h4,12-14,17,19-20,23H,1,5-11H2,2-3H3/t13?,14?,17-,19-,20+,22-/m1/s1. The fraction of sp³-hybridized carbons (Fsp3) is 0.682. The molecule has 0 aromatic heterocycles. The Morgan fingerprint density at radius 1 is 1.33 bits per heavy atom. The van der Waals surface area contributed by atoms with Gasteiger partial charge in [0, 0.05) is 12.3 Å². The van der Waals surface area contributed by atoms with Crippen LogP contribution in [-0.4, -0.2) is 17.0 Å². The first-order valence-corrected chi connectivity index (χ1v) is 9.73. The van der Waals surface area contributed by atoms with Gasteiger partial charge < -0.3 is 5.11 Å². The first-order chi connectivity index (χ1) is 11.5. The molecule has 0 aliphatic heterocycles. The van der Waals surface area contributed by atoms with Gasteiger partial charge in [-0.3, -0.25) is 4.79 Å². The number of aliphatic hydroxyl groups excluding tert-OH is 1. The topological polar surface area (TPSA) is 37.3 Å². The van der Waals surface area contributed by atoms with E-state index in [-0.39, 0.29) is 23.2 Å². The second-order valence-electron chi connectivity index (χ2n) is 8.80. The van der Waals surface area contributed by atoms with Crippen molar-refractivity contribution in [3.63, 3.8) is 0 Å². The van der Waals surface area contributed by atoms with Crippen molar-refractivity contribution in [1.82, 2.24) is 0 Å². The van der Waals surface area contributed by atoms with Gasteiger partial charge in [-0.05, 0) is 85.8 Å². The molecule has 130 valence electrons. The Morgan fingerprint density at radius 3 is 2.83 bits per heavy atom. The molecular formula is C22H30O2. The normalized spacial score (nSPS) is 42.8. The lowest BCUT2D eigenvalue weighted by Gasteiger charge is -2.50. The van der Waals surface area contributed by atoms with Crippen LogP contribution >= 0.6 is 0 Å². The van der Waals surface area contributed by atoms with Gasteiger partial charge in [-0.15, -0.1) is 6.58 Å². The van der Waals surface area contributed by atoms with E-state index in [9.17, 15) is 9.90 Å². The molecule has 2 saturated carbocycles. The molecule has 0 aromatic carbocycles. The van der Waals surface area contributed by atoms with Crippen molar-refractivity contribution in [3.8, 4) is 0 Å². The molecule has 0 aromatic rings. The smallest absolute Gasteiger partial charge is 0.156 e. The van der Waals surface area contributed by atoms with Crippen LogP contribution in [0.1, 0.15) is 58.8 Å². The fourth-order valence-corrected chi connectivity index (χ4v) is 6.71. The van der Waals surface area contributed by atoms with Gasteiger partial charge in [0.2, 0.25) is 0 Å². The van der Waals surface area contributed by atoms with Crippen molar-refractivity contribution in [2.24, 2.45) is 29.1 Å². The minimum atomic E-state index is -0.193. The number of rotatable bonds is 2. The highest BCUT2D eigenvalue weighted by Crippen LogP contribution is 2.63. The molecule has 0 spiro atoms. The highest BCUT2D eigenvalue weighted by molar-refractivity contribution is 5.93. The summed E-state index contributed by atoms with van der Waals surface area (Å²) in [5, 5.41) is 10.3. The van der Waals surface area contributed by atoms with Crippen molar-refractivity contribution in [2.75, 3.05) is 0 Å². The van der Waals surface area contributed by atoms with E-state index in [0.29, 0.717) is 24.2 Å². The van der Waals surface area contributed by atoms with Crippen LogP contribution < -0.4 is 0 Å². The third-order valence-corrected chi connectivity index (χ3v) is 7.76. The van der Waals surface area contributed by atoms with Crippen molar-refractivity contribution < 1.29 is 9.90 Å². The molecule has 24 heavy (non-hydrogen) atoms. The molecule has 1 N–H and O–H groups in total. The lowest BCUT2D eigenvalue weighted by atomic mass is 9.55. The van der Waals surface area contributed by atoms with Crippen LogP contribution in [-0.2, 0) is 4.79 Å². The molecule has 0 bridgehead atoms. The van der Waals surface area contributed by atoms with Crippen molar-refractivity contribution in [1.29, 1.82) is 0 Å². The van der Waals surface area contributed by atoms with Gasteiger partial charge in [0.15, 0.2) is 5.78 Å². The Hall–Kier alpha value is -1.15. The summed E-state index contributed by atoms with van der Waals surface area (Å²) in [6, 6.07) is 0. The number of fused-ring (bicyclic) bond motifs is 4. The summed E-state index contributed by atoms with van der Waals surface area (Å²) in [6.45, 7) is 8.43. The number of ketones is 1. The summed E-state index contributed by atoms with van der Waals surface area (Å²) < 4.78 is 0. The van der Waals surface area contributed by atoms with E-state index < -0.39 is 0 Å². The Labute approximate surface area is 145 Å². The van der Waals surface area contributed by atoms with Gasteiger partial charge in [0.05, 0.1) is 6.10 Å². The number of hydrogen-bond donors (Lipinski definition) is 1. The van der Waals surface area contributed by atoms with Crippen LogP contribution in [0.15, 0.2) is 35.5 Å². The van der Waals surface area contributed by atoms with Crippen LogP contribution in [0.3, 0.4) is 0 Å². The summed E-state index contributed by atoms with van der Waals surface area (Å²) in [5.41, 5.74) is 4.70. The summed E-state index contributed by atoms with van der Waals surface area (Å²) in [7, 11) is 0. The molecule has 0 heterocycles. The average Bonchev–Trinajstić information content (AvgIpc) is 2.90. The number of hydrogen-bond acceptors (Lipinski definition) is 2. The summed E-state index contributed by atoms with van der Waals surface area (Å²) >= 11 is 0. The molecule has 2 nitrogen and oxygen atoms in total. The van der Waals surface area contributed by atoms with E-state index in [4.69, 9.17) is 0 Å². The number of allylic oxidation sites excluding steroid dienone is 5. The lowest BCUT2D eigenvalue weighted by Crippen LogP contribution is -2.43. The van der Waals surface area contributed by atoms with E-state index in [2.05, 4.69) is 13.5 Å². The van der Waals surface area contributed by atoms with Crippen LogP contribution in [0.4, 0.5) is 0 Å². The second-order valence-corrected chi connectivity index (χ2v) is 8.80. The minimum Gasteiger partial charge on any atom is -0.393 e. The number of aliphatic hydroxyl groups is 1. The molecule has 2 unspecified atom stereocenters. The van der Waals surface area contributed by atoms with Gasteiger partial charge in [-0.1, -0.05) is 18.6 Å². The quantitative estimate of drug-likeness (QED) is 0.753. The third kappa shape index (κ3) is 2.22. The van der Waals surface area contributed by atoms with Gasteiger partial charge in [-0.25, -0.2) is 0 Å². The van der Waals surface area contributed by atoms with E-state index in [1.54, 1.807) is 5.57 Å². The second kappa shape index (κ2) is 5.69. The Morgan fingerprint density at radius 2 is 2.12 bits per heavy atom. The predicted molar refractivity (Wildman–Crippen MR) is 96.4 cm³/mol. The highest BCUT2D eigenvalue weighted by atomic mass is 16.3. The van der Waals surface area contributed by atoms with Crippen molar-refractivity contribution >= 4 is 5.78 Å². The monoisotopic (exact) mass is 326 g/mol. The van der Waals surface area contributed by atoms with E-state index in [1.165, 1.54) is 36.8 Å². The largest absolute Gasteiger partial charge is 0.393 e. The van der Waals surface area contributed by atoms with Gasteiger partial charge in [-0.2, -0.15) is 0 Å². The van der Waals surface area contributed by atoms with Crippen LogP contribution in [0, 0.1) is 29.1 Å². The SMILES string of the molecule is C=CC1CC(=O)C=C2CC[C@@H]3C(=C21)CC[C@]1(C)[C@@H](C(C)O)CC[C@@H]31. The van der Waals surface area contributed by atoms with Crippen LogP contribution in [0.25, 0.3) is 0 Å². The Bertz CT molecular complexity index is 638. The van der Waals surface area contributed by atoms with E-state index in [0.717, 1.165) is 12.8 Å². The summed E-state index contributed by atoms with van der Waals surface area (Å²) in [4.78, 5) is 12.0. The minimum absolute atomic E-state index is 0.193. The molecule has 4 rings (SSSR count). The summed E-state index contributed by atoms with van der Waals surface area (Å²) in [5.74, 6) is 2.32. The first kappa shape index (κ1) is 16.3. The van der Waals surface area contributed by atoms with Crippen molar-refractivity contribution in [3.05, 3.63) is 35.5 Å². The maximum absolute atomic E-state index is 12.0. The van der Waals surface area contributed by atoms with Gasteiger partial charge >= 0.3 is 0 Å². The Balaban J connectivity index is 1.75. The summed E-state index contributed by atoms with van der Waals surface area (Å²) in [6.07, 6.45) is 11.3. The van der Waals surface area contributed by atoms with Gasteiger partial charge in [0.1, 0.15) is 0 Å². The van der Waals surface area contributed by atoms with E-state index in [1.807, 2.05) is 19.1 Å². The zero-order valence-electron chi connectivity index (χ0n) is 15.1. The molecular weight excluding hydrogens is 296 g/mol. The Kier molecular flexibility index (Phi) is 3.87. The average molecular weight is 326 g/mol. The highest BCUT2D eigenvalue weighted by Gasteiger charge is 2.54. The number of carbonyl (C=O) groups is 1. The predicted octanol–water partition coefficient (Wildman–Crippen LogP) is 4.60. The molecule has 0 amide bonds. The molecule has 0 saturated heterocycles. The molecule has 2 fully saturated rings. The fourth-order valence-electron chi connectivity index (χ4n) is 6.71. The third-order valence-electron chi connectivity index (χ3n) is 7.76.